The lowest BCUT2D eigenvalue weighted by Gasteiger charge is -2.02. The highest BCUT2D eigenvalue weighted by molar-refractivity contribution is 9.10. The summed E-state index contributed by atoms with van der Waals surface area (Å²) in [4.78, 5) is 4.56. The van der Waals surface area contributed by atoms with Crippen LogP contribution in [-0.4, -0.2) is 4.98 Å². The standard InChI is InChI=1S/C17H14BrN2/c1-13-4-2-3-11-20(13)16-9-10-17(19-12-16)14-5-7-15(18)8-6-14/h2-12H,1H3/q+1. The van der Waals surface area contributed by atoms with E-state index in [0.29, 0.717) is 0 Å². The number of hydrogen-bond acceptors (Lipinski definition) is 1. The Morgan fingerprint density at radius 1 is 0.950 bits per heavy atom. The van der Waals surface area contributed by atoms with Crippen molar-refractivity contribution in [2.45, 2.75) is 6.92 Å². The topological polar surface area (TPSA) is 16.8 Å². The molecule has 0 atom stereocenters. The molecule has 3 aromatic rings. The monoisotopic (exact) mass is 325 g/mol. The van der Waals surface area contributed by atoms with Crippen LogP contribution in [0.3, 0.4) is 0 Å². The van der Waals surface area contributed by atoms with Crippen LogP contribution >= 0.6 is 15.9 Å². The molecule has 3 heteroatoms. The third kappa shape index (κ3) is 2.63. The van der Waals surface area contributed by atoms with Gasteiger partial charge in [0.1, 0.15) is 0 Å². The minimum absolute atomic E-state index is 0.982. The van der Waals surface area contributed by atoms with Crippen molar-refractivity contribution in [3.05, 3.63) is 77.2 Å². The third-order valence-electron chi connectivity index (χ3n) is 3.23. The molecule has 0 bridgehead atoms. The Morgan fingerprint density at radius 3 is 2.40 bits per heavy atom. The number of halogens is 1. The van der Waals surface area contributed by atoms with Gasteiger partial charge in [-0.3, -0.25) is 0 Å². The molecule has 0 saturated carbocycles. The summed E-state index contributed by atoms with van der Waals surface area (Å²) in [6.07, 6.45) is 3.95. The van der Waals surface area contributed by atoms with E-state index in [4.69, 9.17) is 0 Å². The van der Waals surface area contributed by atoms with Crippen molar-refractivity contribution in [1.29, 1.82) is 0 Å². The van der Waals surface area contributed by atoms with Gasteiger partial charge in [0, 0.05) is 35.2 Å². The maximum Gasteiger partial charge on any atom is 0.229 e. The highest BCUT2D eigenvalue weighted by Crippen LogP contribution is 2.20. The molecular weight excluding hydrogens is 312 g/mol. The quantitative estimate of drug-likeness (QED) is 0.648. The molecule has 0 amide bonds. The van der Waals surface area contributed by atoms with Gasteiger partial charge >= 0.3 is 0 Å². The fourth-order valence-electron chi connectivity index (χ4n) is 2.14. The van der Waals surface area contributed by atoms with Gasteiger partial charge in [-0.05, 0) is 18.2 Å². The molecular formula is C17H14BrN2+. The van der Waals surface area contributed by atoms with Crippen LogP contribution < -0.4 is 4.57 Å². The number of rotatable bonds is 2. The van der Waals surface area contributed by atoms with Gasteiger partial charge < -0.3 is 0 Å². The van der Waals surface area contributed by atoms with Crippen molar-refractivity contribution in [1.82, 2.24) is 4.98 Å². The molecule has 0 aliphatic rings. The lowest BCUT2D eigenvalue weighted by atomic mass is 10.1. The highest BCUT2D eigenvalue weighted by Gasteiger charge is 2.09. The molecule has 20 heavy (non-hydrogen) atoms. The van der Waals surface area contributed by atoms with E-state index < -0.39 is 0 Å². The molecule has 2 heterocycles. The molecule has 1 aromatic carbocycles. The van der Waals surface area contributed by atoms with E-state index in [1.165, 1.54) is 5.69 Å². The summed E-state index contributed by atoms with van der Waals surface area (Å²) in [7, 11) is 0. The van der Waals surface area contributed by atoms with Gasteiger partial charge in [0.2, 0.25) is 5.69 Å². The first-order chi connectivity index (χ1) is 9.74. The number of nitrogens with zero attached hydrogens (tertiary/aromatic N) is 2. The molecule has 0 aliphatic carbocycles. The van der Waals surface area contributed by atoms with E-state index in [2.05, 4.69) is 62.7 Å². The van der Waals surface area contributed by atoms with Crippen LogP contribution in [-0.2, 0) is 0 Å². The van der Waals surface area contributed by atoms with E-state index in [-0.39, 0.29) is 0 Å². The SMILES string of the molecule is Cc1cccc[n+]1-c1ccc(-c2ccc(Br)cc2)nc1. The lowest BCUT2D eigenvalue weighted by Crippen LogP contribution is -2.33. The van der Waals surface area contributed by atoms with Gasteiger partial charge in [-0.15, -0.1) is 0 Å². The second kappa shape index (κ2) is 5.55. The Balaban J connectivity index is 1.96. The minimum atomic E-state index is 0.982. The molecule has 0 fully saturated rings. The summed E-state index contributed by atoms with van der Waals surface area (Å²) >= 11 is 3.44. The van der Waals surface area contributed by atoms with Crippen LogP contribution in [0.25, 0.3) is 16.9 Å². The van der Waals surface area contributed by atoms with Crippen molar-refractivity contribution in [2.24, 2.45) is 0 Å². The van der Waals surface area contributed by atoms with E-state index >= 15 is 0 Å². The Morgan fingerprint density at radius 2 is 1.75 bits per heavy atom. The molecule has 98 valence electrons. The zero-order valence-corrected chi connectivity index (χ0v) is 12.7. The number of aromatic nitrogens is 2. The van der Waals surface area contributed by atoms with Crippen molar-refractivity contribution in [3.63, 3.8) is 0 Å². The zero-order valence-electron chi connectivity index (χ0n) is 11.1. The molecule has 2 aromatic heterocycles. The summed E-state index contributed by atoms with van der Waals surface area (Å²) in [5, 5.41) is 0. The first-order valence-electron chi connectivity index (χ1n) is 6.44. The number of aryl methyl sites for hydroxylation is 1. The maximum absolute atomic E-state index is 4.56. The fourth-order valence-corrected chi connectivity index (χ4v) is 2.40. The van der Waals surface area contributed by atoms with Gasteiger partial charge in [-0.25, -0.2) is 4.98 Å². The third-order valence-corrected chi connectivity index (χ3v) is 3.76. The molecule has 0 aliphatic heterocycles. The number of benzene rings is 1. The van der Waals surface area contributed by atoms with Crippen LogP contribution in [0.15, 0.2) is 71.5 Å². The van der Waals surface area contributed by atoms with Crippen LogP contribution in [0.4, 0.5) is 0 Å². The first kappa shape index (κ1) is 13.0. The molecule has 0 radical (unpaired) electrons. The average molecular weight is 326 g/mol. The predicted molar refractivity (Wildman–Crippen MR) is 83.6 cm³/mol. The Hall–Kier alpha value is -2.00. The lowest BCUT2D eigenvalue weighted by molar-refractivity contribution is -0.602. The second-order valence-corrected chi connectivity index (χ2v) is 5.54. The summed E-state index contributed by atoms with van der Waals surface area (Å²) < 4.78 is 3.20. The average Bonchev–Trinajstić information content (AvgIpc) is 2.49. The van der Waals surface area contributed by atoms with E-state index in [1.807, 2.05) is 36.7 Å². The number of hydrogen-bond donors (Lipinski definition) is 0. The summed E-state index contributed by atoms with van der Waals surface area (Å²) in [5.74, 6) is 0. The molecule has 3 rings (SSSR count). The van der Waals surface area contributed by atoms with Gasteiger partial charge in [0.25, 0.3) is 0 Å². The largest absolute Gasteiger partial charge is 0.249 e. The van der Waals surface area contributed by atoms with Gasteiger partial charge in [0.15, 0.2) is 11.9 Å². The predicted octanol–water partition coefficient (Wildman–Crippen LogP) is 4.10. The van der Waals surface area contributed by atoms with E-state index in [9.17, 15) is 0 Å². The Bertz CT molecular complexity index is 719. The van der Waals surface area contributed by atoms with E-state index in [0.717, 1.165) is 21.4 Å². The first-order valence-corrected chi connectivity index (χ1v) is 7.23. The van der Waals surface area contributed by atoms with Crippen LogP contribution in [0, 0.1) is 6.92 Å². The van der Waals surface area contributed by atoms with Gasteiger partial charge in [0.05, 0.1) is 11.9 Å². The van der Waals surface area contributed by atoms with Crippen LogP contribution in [0.1, 0.15) is 5.69 Å². The van der Waals surface area contributed by atoms with Crippen molar-refractivity contribution >= 4 is 15.9 Å². The molecule has 0 unspecified atom stereocenters. The number of pyridine rings is 2. The minimum Gasteiger partial charge on any atom is -0.249 e. The van der Waals surface area contributed by atoms with Crippen molar-refractivity contribution in [2.75, 3.05) is 0 Å². The van der Waals surface area contributed by atoms with Gasteiger partial charge in [-0.2, -0.15) is 4.57 Å². The zero-order chi connectivity index (χ0) is 13.9. The maximum atomic E-state index is 4.56. The normalized spacial score (nSPS) is 10.5. The van der Waals surface area contributed by atoms with Crippen molar-refractivity contribution in [3.8, 4) is 16.9 Å². The van der Waals surface area contributed by atoms with Crippen LogP contribution in [0.5, 0.6) is 0 Å². The Labute approximate surface area is 126 Å². The molecule has 0 saturated heterocycles. The molecule has 0 N–H and O–H groups in total. The fraction of sp³-hybridized carbons (Fsp3) is 0.0588. The highest BCUT2D eigenvalue weighted by atomic mass is 79.9. The second-order valence-electron chi connectivity index (χ2n) is 4.62. The summed E-state index contributed by atoms with van der Waals surface area (Å²) in [6.45, 7) is 2.09. The summed E-state index contributed by atoms with van der Waals surface area (Å²) in [6, 6.07) is 18.5. The van der Waals surface area contributed by atoms with Gasteiger partial charge in [-0.1, -0.05) is 34.1 Å². The summed E-state index contributed by atoms with van der Waals surface area (Å²) in [5.41, 5.74) is 4.36. The van der Waals surface area contributed by atoms with Crippen molar-refractivity contribution < 1.29 is 4.57 Å². The Kier molecular flexibility index (Phi) is 3.61. The molecule has 2 nitrogen and oxygen atoms in total. The van der Waals surface area contributed by atoms with Crippen LogP contribution in [0.2, 0.25) is 0 Å². The van der Waals surface area contributed by atoms with E-state index in [1.54, 1.807) is 0 Å². The molecule has 0 spiro atoms. The smallest absolute Gasteiger partial charge is 0.229 e.